The molecule has 2 aromatic carbocycles. The summed E-state index contributed by atoms with van der Waals surface area (Å²) in [6, 6.07) is 17.5. The molecule has 0 aliphatic heterocycles. The van der Waals surface area contributed by atoms with Crippen molar-refractivity contribution in [3.63, 3.8) is 0 Å². The van der Waals surface area contributed by atoms with Crippen LogP contribution in [0.25, 0.3) is 16.8 Å². The monoisotopic (exact) mass is 313 g/mol. The van der Waals surface area contributed by atoms with Gasteiger partial charge in [0.05, 0.1) is 0 Å². The van der Waals surface area contributed by atoms with Gasteiger partial charge in [-0.25, -0.2) is 4.39 Å². The van der Waals surface area contributed by atoms with Gasteiger partial charge in [0.2, 0.25) is 0 Å². The van der Waals surface area contributed by atoms with Crippen LogP contribution >= 0.6 is 11.6 Å². The summed E-state index contributed by atoms with van der Waals surface area (Å²) in [7, 11) is 0. The third kappa shape index (κ3) is 2.95. The molecule has 0 radical (unpaired) electrons. The van der Waals surface area contributed by atoms with Crippen LogP contribution in [0.3, 0.4) is 0 Å². The quantitative estimate of drug-likeness (QED) is 0.691. The first-order valence-corrected chi connectivity index (χ1v) is 7.19. The van der Waals surface area contributed by atoms with Gasteiger partial charge in [0.1, 0.15) is 6.67 Å². The van der Waals surface area contributed by atoms with Crippen molar-refractivity contribution < 1.29 is 4.39 Å². The van der Waals surface area contributed by atoms with Gasteiger partial charge in [-0.2, -0.15) is 0 Å². The molecule has 110 valence electrons. The zero-order valence-corrected chi connectivity index (χ0v) is 12.4. The summed E-state index contributed by atoms with van der Waals surface area (Å²) in [5.74, 6) is 0. The lowest BCUT2D eigenvalue weighted by Crippen LogP contribution is -2.16. The number of hydrogen-bond donors (Lipinski definition) is 0. The van der Waals surface area contributed by atoms with Crippen LogP contribution in [0.1, 0.15) is 5.56 Å². The highest BCUT2D eigenvalue weighted by Gasteiger charge is 2.05. The van der Waals surface area contributed by atoms with E-state index in [1.54, 1.807) is 42.6 Å². The third-order valence-electron chi connectivity index (χ3n) is 3.41. The van der Waals surface area contributed by atoms with Crippen LogP contribution in [0, 0.1) is 0 Å². The maximum atomic E-state index is 12.8. The molecule has 0 saturated carbocycles. The van der Waals surface area contributed by atoms with Gasteiger partial charge in [-0.05, 0) is 47.0 Å². The van der Waals surface area contributed by atoms with E-state index >= 15 is 0 Å². The number of pyridine rings is 1. The summed E-state index contributed by atoms with van der Waals surface area (Å²) >= 11 is 6.01. The lowest BCUT2D eigenvalue weighted by molar-refractivity contribution is 0.485. The number of rotatable bonds is 3. The molecule has 0 atom stereocenters. The van der Waals surface area contributed by atoms with Crippen molar-refractivity contribution in [1.82, 2.24) is 4.57 Å². The molecule has 0 unspecified atom stereocenters. The summed E-state index contributed by atoms with van der Waals surface area (Å²) in [5.41, 5.74) is 2.80. The number of nitrogens with zero attached hydrogens (tertiary/aromatic N) is 1. The number of halogens is 2. The van der Waals surface area contributed by atoms with Crippen molar-refractivity contribution in [2.24, 2.45) is 0 Å². The smallest absolute Gasteiger partial charge is 0.255 e. The lowest BCUT2D eigenvalue weighted by atomic mass is 10.1. The van der Waals surface area contributed by atoms with Crippen LogP contribution < -0.4 is 5.56 Å². The number of benzene rings is 2. The summed E-state index contributed by atoms with van der Waals surface area (Å²) in [4.78, 5) is 12.1. The minimum Gasteiger partial charge on any atom is -0.284 e. The molecule has 3 aromatic rings. The largest absolute Gasteiger partial charge is 0.284 e. The number of aromatic nitrogens is 1. The average Bonchev–Trinajstić information content (AvgIpc) is 2.55. The maximum Gasteiger partial charge on any atom is 0.255 e. The van der Waals surface area contributed by atoms with E-state index in [2.05, 4.69) is 0 Å². The van der Waals surface area contributed by atoms with E-state index in [0.717, 1.165) is 11.1 Å². The van der Waals surface area contributed by atoms with Gasteiger partial charge in [-0.1, -0.05) is 35.9 Å². The molecule has 0 amide bonds. The third-order valence-corrected chi connectivity index (χ3v) is 3.65. The first-order chi connectivity index (χ1) is 10.7. The Morgan fingerprint density at radius 1 is 0.955 bits per heavy atom. The van der Waals surface area contributed by atoms with Gasteiger partial charge < -0.3 is 0 Å². The predicted octanol–water partition coefficient (Wildman–Crippen LogP) is 4.63. The molecule has 1 heterocycles. The Bertz CT molecular complexity index is 873. The minimum atomic E-state index is -0.559. The second-order valence-corrected chi connectivity index (χ2v) is 5.38. The van der Waals surface area contributed by atoms with Crippen molar-refractivity contribution in [1.29, 1.82) is 0 Å². The normalized spacial score (nSPS) is 10.6. The van der Waals surface area contributed by atoms with Gasteiger partial charge in [-0.3, -0.25) is 9.36 Å². The molecule has 22 heavy (non-hydrogen) atoms. The second kappa shape index (κ2) is 6.16. The SMILES string of the molecule is O=c1ccc(-c2cccc(Cl)c2)cn1-c1cccc(CF)c1. The van der Waals surface area contributed by atoms with Crippen LogP contribution in [0.4, 0.5) is 4.39 Å². The Morgan fingerprint density at radius 2 is 1.77 bits per heavy atom. The lowest BCUT2D eigenvalue weighted by Gasteiger charge is -2.09. The van der Waals surface area contributed by atoms with Crippen LogP contribution in [-0.4, -0.2) is 4.57 Å². The predicted molar refractivity (Wildman–Crippen MR) is 87.3 cm³/mol. The van der Waals surface area contributed by atoms with E-state index in [4.69, 9.17) is 11.6 Å². The van der Waals surface area contributed by atoms with Crippen molar-refractivity contribution in [2.75, 3.05) is 0 Å². The molecule has 4 heteroatoms. The fraction of sp³-hybridized carbons (Fsp3) is 0.0556. The zero-order valence-electron chi connectivity index (χ0n) is 11.7. The molecule has 1 aromatic heterocycles. The highest BCUT2D eigenvalue weighted by atomic mass is 35.5. The fourth-order valence-electron chi connectivity index (χ4n) is 2.32. The van der Waals surface area contributed by atoms with Gasteiger partial charge in [0, 0.05) is 23.0 Å². The van der Waals surface area contributed by atoms with Gasteiger partial charge in [0.25, 0.3) is 5.56 Å². The van der Waals surface area contributed by atoms with Crippen molar-refractivity contribution in [3.8, 4) is 16.8 Å². The first kappa shape index (κ1) is 14.5. The van der Waals surface area contributed by atoms with E-state index in [-0.39, 0.29) is 5.56 Å². The Balaban J connectivity index is 2.12. The van der Waals surface area contributed by atoms with E-state index in [1.807, 2.05) is 18.2 Å². The van der Waals surface area contributed by atoms with E-state index in [9.17, 15) is 9.18 Å². The first-order valence-electron chi connectivity index (χ1n) is 6.81. The van der Waals surface area contributed by atoms with Gasteiger partial charge in [-0.15, -0.1) is 0 Å². The van der Waals surface area contributed by atoms with Crippen molar-refractivity contribution in [2.45, 2.75) is 6.67 Å². The molecule has 2 nitrogen and oxygen atoms in total. The van der Waals surface area contributed by atoms with E-state index < -0.39 is 6.67 Å². The number of alkyl halides is 1. The molecule has 0 aliphatic carbocycles. The van der Waals surface area contributed by atoms with Gasteiger partial charge in [0.15, 0.2) is 0 Å². The Morgan fingerprint density at radius 3 is 2.55 bits per heavy atom. The molecule has 0 aliphatic rings. The molecular weight excluding hydrogens is 301 g/mol. The standard InChI is InChI=1S/C18H13ClFNO/c19-16-5-2-4-14(10-16)15-7-8-18(22)21(12-15)17-6-1-3-13(9-17)11-20/h1-10,12H,11H2. The highest BCUT2D eigenvalue weighted by Crippen LogP contribution is 2.22. The van der Waals surface area contributed by atoms with Crippen molar-refractivity contribution >= 4 is 11.6 Å². The topological polar surface area (TPSA) is 22.0 Å². The molecule has 0 saturated heterocycles. The fourth-order valence-corrected chi connectivity index (χ4v) is 2.51. The molecule has 0 spiro atoms. The minimum absolute atomic E-state index is 0.165. The Kier molecular flexibility index (Phi) is 4.07. The highest BCUT2D eigenvalue weighted by molar-refractivity contribution is 6.30. The van der Waals surface area contributed by atoms with Crippen molar-refractivity contribution in [3.05, 3.63) is 87.8 Å². The van der Waals surface area contributed by atoms with Crippen LogP contribution in [-0.2, 0) is 6.67 Å². The van der Waals surface area contributed by atoms with E-state index in [0.29, 0.717) is 16.3 Å². The second-order valence-electron chi connectivity index (χ2n) is 4.94. The molecular formula is C18H13ClFNO. The van der Waals surface area contributed by atoms with Gasteiger partial charge >= 0.3 is 0 Å². The molecule has 0 bridgehead atoms. The molecule has 0 fully saturated rings. The number of hydrogen-bond acceptors (Lipinski definition) is 1. The van der Waals surface area contributed by atoms with E-state index in [1.165, 1.54) is 10.6 Å². The summed E-state index contributed by atoms with van der Waals surface area (Å²) < 4.78 is 14.3. The Hall–Kier alpha value is -2.39. The Labute approximate surface area is 132 Å². The zero-order chi connectivity index (χ0) is 15.5. The molecule has 0 N–H and O–H groups in total. The summed E-state index contributed by atoms with van der Waals surface area (Å²) in [6.45, 7) is -0.559. The molecule has 3 rings (SSSR count). The summed E-state index contributed by atoms with van der Waals surface area (Å²) in [6.07, 6.45) is 1.74. The summed E-state index contributed by atoms with van der Waals surface area (Å²) in [5, 5.41) is 0.634. The average molecular weight is 314 g/mol. The van der Waals surface area contributed by atoms with Crippen LogP contribution in [0.15, 0.2) is 71.7 Å². The maximum absolute atomic E-state index is 12.8. The van der Waals surface area contributed by atoms with Crippen LogP contribution in [0.5, 0.6) is 0 Å². The van der Waals surface area contributed by atoms with Crippen LogP contribution in [0.2, 0.25) is 5.02 Å².